The molecule has 0 aromatic carbocycles. The fourth-order valence-corrected chi connectivity index (χ4v) is 4.78. The fourth-order valence-electron chi connectivity index (χ4n) is 3.25. The molecule has 3 N–H and O–H groups in total. The number of nitrogens with two attached hydrogens (primary N) is 1. The number of methoxy groups -OCH3 is 1. The van der Waals surface area contributed by atoms with Crippen LogP contribution in [0.25, 0.3) is 0 Å². The van der Waals surface area contributed by atoms with Gasteiger partial charge < -0.3 is 14.9 Å². The largest absolute Gasteiger partial charge is 0.465 e. The van der Waals surface area contributed by atoms with Gasteiger partial charge in [0.25, 0.3) is 0 Å². The van der Waals surface area contributed by atoms with Crippen molar-refractivity contribution in [2.45, 2.75) is 62.8 Å². The number of nitrogens with one attached hydrogen (secondary N) is 1. The standard InChI is InChI=1S/C16H26N2O5S.ClH/c1-11-13(15(19)22-3)14(12(2)23-11)24(20,21)18-10-16(17)8-6-4-5-7-9-16;/h18H,4-10,17H2,1-3H3;1H. The summed E-state index contributed by atoms with van der Waals surface area (Å²) in [4.78, 5) is 11.8. The molecule has 1 aromatic heterocycles. The van der Waals surface area contributed by atoms with E-state index < -0.39 is 21.5 Å². The van der Waals surface area contributed by atoms with Gasteiger partial charge in [-0.15, -0.1) is 12.4 Å². The molecule has 1 saturated carbocycles. The summed E-state index contributed by atoms with van der Waals surface area (Å²) in [6.07, 6.45) is 5.80. The van der Waals surface area contributed by atoms with E-state index in [1.54, 1.807) is 0 Å². The van der Waals surface area contributed by atoms with Crippen LogP contribution in [0.15, 0.2) is 9.31 Å². The van der Waals surface area contributed by atoms with Crippen molar-refractivity contribution in [3.05, 3.63) is 17.1 Å². The molecule has 7 nitrogen and oxygen atoms in total. The third-order valence-electron chi connectivity index (χ3n) is 4.58. The quantitative estimate of drug-likeness (QED) is 0.586. The van der Waals surface area contributed by atoms with E-state index in [2.05, 4.69) is 9.46 Å². The minimum Gasteiger partial charge on any atom is -0.465 e. The summed E-state index contributed by atoms with van der Waals surface area (Å²) in [7, 11) is -2.73. The number of rotatable bonds is 5. The highest BCUT2D eigenvalue weighted by molar-refractivity contribution is 7.89. The molecule has 1 aliphatic rings. The van der Waals surface area contributed by atoms with Gasteiger partial charge in [-0.2, -0.15) is 0 Å². The Hall–Kier alpha value is -1.09. The van der Waals surface area contributed by atoms with Gasteiger partial charge in [0.05, 0.1) is 7.11 Å². The second-order valence-electron chi connectivity index (χ2n) is 6.51. The lowest BCUT2D eigenvalue weighted by Crippen LogP contribution is -2.49. The van der Waals surface area contributed by atoms with Crippen molar-refractivity contribution < 1.29 is 22.4 Å². The molecule has 1 aliphatic carbocycles. The summed E-state index contributed by atoms with van der Waals surface area (Å²) in [5, 5.41) is 0. The normalized spacial score (nSPS) is 17.4. The Labute approximate surface area is 155 Å². The predicted molar refractivity (Wildman–Crippen MR) is 96.6 cm³/mol. The van der Waals surface area contributed by atoms with Crippen LogP contribution in [0.1, 0.15) is 60.4 Å². The lowest BCUT2D eigenvalue weighted by molar-refractivity contribution is 0.0595. The Morgan fingerprint density at radius 2 is 1.76 bits per heavy atom. The van der Waals surface area contributed by atoms with Crippen molar-refractivity contribution in [1.82, 2.24) is 4.72 Å². The lowest BCUT2D eigenvalue weighted by Gasteiger charge is -2.28. The van der Waals surface area contributed by atoms with Crippen LogP contribution in [0.3, 0.4) is 0 Å². The van der Waals surface area contributed by atoms with Crippen molar-refractivity contribution in [1.29, 1.82) is 0 Å². The van der Waals surface area contributed by atoms with E-state index in [4.69, 9.17) is 10.2 Å². The van der Waals surface area contributed by atoms with Crippen LogP contribution in [0.4, 0.5) is 0 Å². The number of furan rings is 1. The Morgan fingerprint density at radius 3 is 2.28 bits per heavy atom. The molecule has 144 valence electrons. The number of ether oxygens (including phenoxy) is 1. The monoisotopic (exact) mass is 394 g/mol. The second kappa shape index (κ2) is 8.53. The highest BCUT2D eigenvalue weighted by Crippen LogP contribution is 2.28. The van der Waals surface area contributed by atoms with Crippen LogP contribution >= 0.6 is 12.4 Å². The number of hydrogen-bond acceptors (Lipinski definition) is 6. The number of carbonyl (C=O) groups is 1. The van der Waals surface area contributed by atoms with Crippen LogP contribution in [0.2, 0.25) is 0 Å². The van der Waals surface area contributed by atoms with E-state index in [0.29, 0.717) is 0 Å². The number of halogens is 1. The van der Waals surface area contributed by atoms with Crippen LogP contribution in [-0.4, -0.2) is 33.6 Å². The first-order valence-corrected chi connectivity index (χ1v) is 9.65. The van der Waals surface area contributed by atoms with E-state index in [0.717, 1.165) is 38.5 Å². The smallest absolute Gasteiger partial charge is 0.342 e. The van der Waals surface area contributed by atoms with E-state index in [-0.39, 0.29) is 40.9 Å². The first-order valence-electron chi connectivity index (χ1n) is 8.17. The van der Waals surface area contributed by atoms with Gasteiger partial charge in [0.2, 0.25) is 10.0 Å². The van der Waals surface area contributed by atoms with Crippen molar-refractivity contribution in [3.63, 3.8) is 0 Å². The molecule has 1 heterocycles. The summed E-state index contributed by atoms with van der Waals surface area (Å²) >= 11 is 0. The molecular weight excluding hydrogens is 368 g/mol. The molecule has 25 heavy (non-hydrogen) atoms. The van der Waals surface area contributed by atoms with Crippen molar-refractivity contribution in [2.24, 2.45) is 5.73 Å². The van der Waals surface area contributed by atoms with E-state index in [9.17, 15) is 13.2 Å². The fraction of sp³-hybridized carbons (Fsp3) is 0.688. The zero-order valence-corrected chi connectivity index (χ0v) is 16.5. The number of carbonyl (C=O) groups excluding carboxylic acids is 1. The first kappa shape index (κ1) is 22.0. The molecule has 2 rings (SSSR count). The average Bonchev–Trinajstić information content (AvgIpc) is 2.69. The lowest BCUT2D eigenvalue weighted by atomic mass is 9.92. The number of aryl methyl sites for hydroxylation is 2. The first-order chi connectivity index (χ1) is 11.2. The van der Waals surface area contributed by atoms with Crippen molar-refractivity contribution in [3.8, 4) is 0 Å². The second-order valence-corrected chi connectivity index (χ2v) is 8.22. The maximum Gasteiger partial charge on any atom is 0.342 e. The van der Waals surface area contributed by atoms with Gasteiger partial charge in [0, 0.05) is 12.1 Å². The van der Waals surface area contributed by atoms with Crippen molar-refractivity contribution in [2.75, 3.05) is 13.7 Å². The average molecular weight is 395 g/mol. The minimum absolute atomic E-state index is 0. The zero-order chi connectivity index (χ0) is 18.0. The summed E-state index contributed by atoms with van der Waals surface area (Å²) < 4.78 is 38.1. The van der Waals surface area contributed by atoms with Gasteiger partial charge >= 0.3 is 5.97 Å². The number of hydrogen-bond donors (Lipinski definition) is 2. The summed E-state index contributed by atoms with van der Waals surface area (Å²) in [5.74, 6) is -0.356. The molecule has 0 unspecified atom stereocenters. The Morgan fingerprint density at radius 1 is 1.20 bits per heavy atom. The molecule has 0 saturated heterocycles. The van der Waals surface area contributed by atoms with Crippen LogP contribution in [0, 0.1) is 13.8 Å². The van der Waals surface area contributed by atoms with Crippen LogP contribution in [0.5, 0.6) is 0 Å². The molecule has 0 amide bonds. The molecule has 1 fully saturated rings. The third kappa shape index (κ3) is 4.97. The van der Waals surface area contributed by atoms with Crippen LogP contribution in [-0.2, 0) is 14.8 Å². The molecule has 0 aliphatic heterocycles. The molecule has 0 radical (unpaired) electrons. The van der Waals surface area contributed by atoms with E-state index >= 15 is 0 Å². The summed E-state index contributed by atoms with van der Waals surface area (Å²) in [6.45, 7) is 3.19. The number of esters is 1. The van der Waals surface area contributed by atoms with E-state index in [1.165, 1.54) is 21.0 Å². The molecular formula is C16H27ClN2O5S. The topological polar surface area (TPSA) is 112 Å². The zero-order valence-electron chi connectivity index (χ0n) is 14.9. The maximum absolute atomic E-state index is 12.7. The number of sulfonamides is 1. The van der Waals surface area contributed by atoms with Gasteiger partial charge in [-0.3, -0.25) is 0 Å². The highest BCUT2D eigenvalue weighted by Gasteiger charge is 2.34. The van der Waals surface area contributed by atoms with Gasteiger partial charge in [-0.1, -0.05) is 25.7 Å². The van der Waals surface area contributed by atoms with E-state index in [1.807, 2.05) is 0 Å². The summed E-state index contributed by atoms with van der Waals surface area (Å²) in [6, 6.07) is 0. The molecule has 0 bridgehead atoms. The van der Waals surface area contributed by atoms with Crippen LogP contribution < -0.4 is 10.5 Å². The van der Waals surface area contributed by atoms with Gasteiger partial charge in [-0.05, 0) is 26.7 Å². The molecule has 0 atom stereocenters. The Kier molecular flexibility index (Phi) is 7.49. The molecule has 9 heteroatoms. The predicted octanol–water partition coefficient (Wildman–Crippen LogP) is 2.43. The minimum atomic E-state index is -3.93. The Bertz CT molecular complexity index is 706. The van der Waals surface area contributed by atoms with Crippen molar-refractivity contribution >= 4 is 28.4 Å². The molecule has 0 spiro atoms. The Balaban J connectivity index is 0.00000312. The highest BCUT2D eigenvalue weighted by atomic mass is 35.5. The third-order valence-corrected chi connectivity index (χ3v) is 6.13. The molecule has 1 aromatic rings. The SMILES string of the molecule is COC(=O)c1c(C)oc(C)c1S(=O)(=O)NCC1(N)CCCCCC1.Cl. The van der Waals surface area contributed by atoms with Gasteiger partial charge in [0.1, 0.15) is 22.0 Å². The maximum atomic E-state index is 12.7. The van der Waals surface area contributed by atoms with Gasteiger partial charge in [-0.25, -0.2) is 17.9 Å². The summed E-state index contributed by atoms with van der Waals surface area (Å²) in [5.41, 5.74) is 5.76. The van der Waals surface area contributed by atoms with Gasteiger partial charge in [0.15, 0.2) is 0 Å².